The molecule has 2 aromatic rings. The lowest BCUT2D eigenvalue weighted by Crippen LogP contribution is -2.24. The van der Waals surface area contributed by atoms with Gasteiger partial charge in [-0.2, -0.15) is 0 Å². The molecule has 0 saturated carbocycles. The van der Waals surface area contributed by atoms with Gasteiger partial charge in [-0.05, 0) is 48.4 Å². The van der Waals surface area contributed by atoms with Gasteiger partial charge < -0.3 is 26.3 Å². The Morgan fingerprint density at radius 2 is 1.93 bits per heavy atom. The number of benzene rings is 2. The van der Waals surface area contributed by atoms with Gasteiger partial charge in [0.1, 0.15) is 18.2 Å². The van der Waals surface area contributed by atoms with E-state index in [9.17, 15) is 4.79 Å². The van der Waals surface area contributed by atoms with E-state index in [0.29, 0.717) is 35.7 Å². The smallest absolute Gasteiger partial charge is 0.333 e. The van der Waals surface area contributed by atoms with Gasteiger partial charge in [0.2, 0.25) is 0 Å². The van der Waals surface area contributed by atoms with Crippen molar-refractivity contribution in [3.8, 4) is 5.75 Å². The van der Waals surface area contributed by atoms with E-state index in [1.54, 1.807) is 24.3 Å². The molecule has 0 radical (unpaired) electrons. The van der Waals surface area contributed by atoms with E-state index in [1.807, 2.05) is 25.1 Å². The molecule has 0 bridgehead atoms. The highest BCUT2D eigenvalue weighted by Crippen LogP contribution is 2.30. The maximum absolute atomic E-state index is 12.5. The average molecular weight is 370 g/mol. The minimum Gasteiger partial charge on any atom is -0.492 e. The van der Waals surface area contributed by atoms with Crippen molar-refractivity contribution in [2.24, 2.45) is 11.5 Å². The van der Waals surface area contributed by atoms with Crippen LogP contribution in [0.3, 0.4) is 0 Å². The van der Waals surface area contributed by atoms with Crippen LogP contribution in [0.5, 0.6) is 5.75 Å². The first-order valence-electron chi connectivity index (χ1n) is 8.74. The van der Waals surface area contributed by atoms with Crippen LogP contribution in [0.4, 0.5) is 5.69 Å². The van der Waals surface area contributed by atoms with Crippen LogP contribution >= 0.6 is 0 Å². The molecule has 0 heterocycles. The zero-order chi connectivity index (χ0) is 19.8. The Hall–Kier alpha value is -3.06. The van der Waals surface area contributed by atoms with Crippen molar-refractivity contribution in [1.82, 2.24) is 0 Å². The summed E-state index contributed by atoms with van der Waals surface area (Å²) in [7, 11) is 1.35. The second kappa shape index (κ2) is 9.59. The van der Waals surface area contributed by atoms with Gasteiger partial charge in [0, 0.05) is 23.4 Å². The van der Waals surface area contributed by atoms with E-state index >= 15 is 0 Å². The lowest BCUT2D eigenvalue weighted by atomic mass is 10.0. The predicted molar refractivity (Wildman–Crippen MR) is 106 cm³/mol. The lowest BCUT2D eigenvalue weighted by molar-refractivity contribution is -0.141. The van der Waals surface area contributed by atoms with Gasteiger partial charge in [-0.25, -0.2) is 4.79 Å². The SMILES string of the molecule is CCc1ccc(OCCN)c(C(Nc2ccc(C(=N)N)cc2)C(=O)OC)c1. The molecule has 7 nitrogen and oxygen atoms in total. The number of hydrogen-bond donors (Lipinski definition) is 4. The molecule has 144 valence electrons. The monoisotopic (exact) mass is 370 g/mol. The van der Waals surface area contributed by atoms with E-state index in [-0.39, 0.29) is 5.84 Å². The van der Waals surface area contributed by atoms with Gasteiger partial charge in [-0.3, -0.25) is 5.41 Å². The largest absolute Gasteiger partial charge is 0.492 e. The van der Waals surface area contributed by atoms with Crippen LogP contribution in [0.1, 0.15) is 29.7 Å². The van der Waals surface area contributed by atoms with Crippen molar-refractivity contribution in [2.45, 2.75) is 19.4 Å². The summed E-state index contributed by atoms with van der Waals surface area (Å²) in [4.78, 5) is 12.5. The van der Waals surface area contributed by atoms with Gasteiger partial charge in [0.25, 0.3) is 0 Å². The molecular weight excluding hydrogens is 344 g/mol. The van der Waals surface area contributed by atoms with Crippen LogP contribution in [-0.4, -0.2) is 32.1 Å². The number of esters is 1. The molecule has 0 fully saturated rings. The number of amidine groups is 1. The van der Waals surface area contributed by atoms with Gasteiger partial charge in [0.15, 0.2) is 6.04 Å². The van der Waals surface area contributed by atoms with Crippen LogP contribution in [0.15, 0.2) is 42.5 Å². The molecule has 6 N–H and O–H groups in total. The number of rotatable bonds is 9. The van der Waals surface area contributed by atoms with Crippen molar-refractivity contribution < 1.29 is 14.3 Å². The lowest BCUT2D eigenvalue weighted by Gasteiger charge is -2.22. The highest BCUT2D eigenvalue weighted by Gasteiger charge is 2.25. The third-order valence-corrected chi connectivity index (χ3v) is 4.11. The molecule has 0 aliphatic carbocycles. The van der Waals surface area contributed by atoms with Gasteiger partial charge >= 0.3 is 5.97 Å². The summed E-state index contributed by atoms with van der Waals surface area (Å²) in [5.41, 5.74) is 14.1. The minimum absolute atomic E-state index is 0.0146. The van der Waals surface area contributed by atoms with Crippen molar-refractivity contribution in [3.05, 3.63) is 59.2 Å². The van der Waals surface area contributed by atoms with E-state index in [2.05, 4.69) is 5.32 Å². The van der Waals surface area contributed by atoms with Crippen LogP contribution in [0.2, 0.25) is 0 Å². The quantitative estimate of drug-likeness (QED) is 0.305. The Kier molecular flexibility index (Phi) is 7.19. The molecular formula is C20H26N4O3. The Morgan fingerprint density at radius 1 is 1.22 bits per heavy atom. The second-order valence-corrected chi connectivity index (χ2v) is 5.95. The normalized spacial score (nSPS) is 11.5. The summed E-state index contributed by atoms with van der Waals surface area (Å²) in [6.45, 7) is 2.76. The Labute approximate surface area is 159 Å². The summed E-state index contributed by atoms with van der Waals surface area (Å²) in [6.07, 6.45) is 0.825. The highest BCUT2D eigenvalue weighted by atomic mass is 16.5. The van der Waals surface area contributed by atoms with E-state index in [4.69, 9.17) is 26.4 Å². The fourth-order valence-corrected chi connectivity index (χ4v) is 2.64. The summed E-state index contributed by atoms with van der Waals surface area (Å²) >= 11 is 0. The van der Waals surface area contributed by atoms with E-state index in [1.165, 1.54) is 7.11 Å². The molecule has 0 aliphatic rings. The van der Waals surface area contributed by atoms with Crippen molar-refractivity contribution in [3.63, 3.8) is 0 Å². The molecule has 2 rings (SSSR count). The van der Waals surface area contributed by atoms with Gasteiger partial charge in [-0.15, -0.1) is 0 Å². The molecule has 27 heavy (non-hydrogen) atoms. The number of ether oxygens (including phenoxy) is 2. The van der Waals surface area contributed by atoms with Crippen molar-refractivity contribution in [2.75, 3.05) is 25.6 Å². The number of anilines is 1. The van der Waals surface area contributed by atoms with E-state index < -0.39 is 12.0 Å². The van der Waals surface area contributed by atoms with Crippen LogP contribution in [0.25, 0.3) is 0 Å². The average Bonchev–Trinajstić information content (AvgIpc) is 2.70. The number of nitrogens with two attached hydrogens (primary N) is 2. The zero-order valence-corrected chi connectivity index (χ0v) is 15.6. The topological polar surface area (TPSA) is 123 Å². The fraction of sp³-hybridized carbons (Fsp3) is 0.300. The molecule has 0 amide bonds. The standard InChI is InChI=1S/C20H26N4O3/c1-3-13-4-9-17(27-11-10-21)16(12-13)18(20(25)26-2)24-15-7-5-14(6-8-15)19(22)23/h4-9,12,18,24H,3,10-11,21H2,1-2H3,(H3,22,23). The summed E-state index contributed by atoms with van der Waals surface area (Å²) < 4.78 is 10.7. The summed E-state index contributed by atoms with van der Waals surface area (Å²) in [5, 5.41) is 10.7. The molecule has 0 aliphatic heterocycles. The second-order valence-electron chi connectivity index (χ2n) is 5.95. The van der Waals surface area contributed by atoms with Crippen LogP contribution in [-0.2, 0) is 16.0 Å². The van der Waals surface area contributed by atoms with Gasteiger partial charge in [-0.1, -0.05) is 13.0 Å². The molecule has 0 aromatic heterocycles. The molecule has 2 aromatic carbocycles. The summed E-state index contributed by atoms with van der Waals surface area (Å²) in [5.74, 6) is 0.136. The maximum atomic E-state index is 12.5. The number of hydrogen-bond acceptors (Lipinski definition) is 6. The Balaban J connectivity index is 2.40. The molecule has 0 spiro atoms. The maximum Gasteiger partial charge on any atom is 0.333 e. The fourth-order valence-electron chi connectivity index (χ4n) is 2.64. The Morgan fingerprint density at radius 3 is 2.48 bits per heavy atom. The number of methoxy groups -OCH3 is 1. The number of nitrogens with one attached hydrogen (secondary N) is 2. The van der Waals surface area contributed by atoms with Crippen LogP contribution in [0, 0.1) is 5.41 Å². The van der Waals surface area contributed by atoms with E-state index in [0.717, 1.165) is 12.0 Å². The molecule has 7 heteroatoms. The molecule has 1 atom stereocenters. The first-order chi connectivity index (χ1) is 13.0. The first-order valence-corrected chi connectivity index (χ1v) is 8.74. The number of carbonyl (C=O) groups is 1. The molecule has 1 unspecified atom stereocenters. The van der Waals surface area contributed by atoms with Crippen LogP contribution < -0.4 is 21.5 Å². The molecule has 0 saturated heterocycles. The third-order valence-electron chi connectivity index (χ3n) is 4.11. The number of aryl methyl sites for hydroxylation is 1. The van der Waals surface area contributed by atoms with Crippen molar-refractivity contribution in [1.29, 1.82) is 5.41 Å². The first kappa shape index (κ1) is 20.3. The third kappa shape index (κ3) is 5.21. The number of carbonyl (C=O) groups excluding carboxylic acids is 1. The zero-order valence-electron chi connectivity index (χ0n) is 15.6. The number of nitrogen functional groups attached to an aromatic ring is 1. The predicted octanol–water partition coefficient (Wildman–Crippen LogP) is 2.20. The highest BCUT2D eigenvalue weighted by molar-refractivity contribution is 5.95. The minimum atomic E-state index is -0.752. The Bertz CT molecular complexity index is 790. The van der Waals surface area contributed by atoms with Crippen molar-refractivity contribution >= 4 is 17.5 Å². The van der Waals surface area contributed by atoms with Gasteiger partial charge in [0.05, 0.1) is 7.11 Å². The summed E-state index contributed by atoms with van der Waals surface area (Å²) in [6, 6.07) is 11.9.